The van der Waals surface area contributed by atoms with E-state index >= 15 is 0 Å². The third kappa shape index (κ3) is 3.65. The molecular weight excluding hydrogens is 346 g/mol. The highest BCUT2D eigenvalue weighted by molar-refractivity contribution is 5.96. The Morgan fingerprint density at radius 2 is 1.96 bits per heavy atom. The van der Waals surface area contributed by atoms with Crippen molar-refractivity contribution in [2.24, 2.45) is 0 Å². The van der Waals surface area contributed by atoms with Crippen molar-refractivity contribution in [2.75, 3.05) is 13.1 Å². The van der Waals surface area contributed by atoms with Crippen LogP contribution in [0.25, 0.3) is 0 Å². The predicted octanol–water partition coefficient (Wildman–Crippen LogP) is -0.252. The maximum atomic E-state index is 12.4. The first-order valence-corrected chi connectivity index (χ1v) is 9.39. The summed E-state index contributed by atoms with van der Waals surface area (Å²) >= 11 is 0. The highest BCUT2D eigenvalue weighted by atomic mass is 35.5. The maximum absolute atomic E-state index is 12.4. The van der Waals surface area contributed by atoms with E-state index in [1.54, 1.807) is 11.0 Å². The standard InChI is InChI=1S/C22H25NO2.ClH/c24-20-10-4-8-18(14-20)22-12-5-9-19(15-22)23(16-22)13-11-21(25)17-6-2-1-3-7-17;/h1-4,6-8,10,14,19,24H,5,9,11-13,15-16H2;1H. The van der Waals surface area contributed by atoms with Gasteiger partial charge in [0.05, 0.1) is 31.0 Å². The van der Waals surface area contributed by atoms with E-state index in [9.17, 15) is 9.90 Å². The lowest BCUT2D eigenvalue weighted by molar-refractivity contribution is -0.912. The number of Topliss-reactive ketones (excluding diaryl/α,β-unsaturated/α-hetero) is 1. The molecule has 1 aliphatic carbocycles. The smallest absolute Gasteiger partial charge is 0.168 e. The van der Waals surface area contributed by atoms with Gasteiger partial charge in [0.2, 0.25) is 0 Å². The van der Waals surface area contributed by atoms with Gasteiger partial charge >= 0.3 is 0 Å². The number of rotatable bonds is 5. The topological polar surface area (TPSA) is 41.7 Å². The van der Waals surface area contributed by atoms with Crippen LogP contribution in [0.4, 0.5) is 0 Å². The summed E-state index contributed by atoms with van der Waals surface area (Å²) < 4.78 is 0. The number of halogens is 1. The van der Waals surface area contributed by atoms with Crippen molar-refractivity contribution >= 4 is 5.78 Å². The van der Waals surface area contributed by atoms with Gasteiger partial charge in [-0.05, 0) is 37.0 Å². The fourth-order valence-corrected chi connectivity index (χ4v) is 4.99. The van der Waals surface area contributed by atoms with E-state index in [1.807, 2.05) is 42.5 Å². The average molecular weight is 372 g/mol. The molecule has 0 amide bonds. The van der Waals surface area contributed by atoms with Crippen LogP contribution in [0.2, 0.25) is 0 Å². The second-order valence-corrected chi connectivity index (χ2v) is 7.75. The Kier molecular flexibility index (Phi) is 5.69. The first-order chi connectivity index (χ1) is 12.2. The first-order valence-electron chi connectivity index (χ1n) is 9.39. The zero-order valence-corrected chi connectivity index (χ0v) is 15.7. The summed E-state index contributed by atoms with van der Waals surface area (Å²) in [6, 6.07) is 18.1. The fourth-order valence-electron chi connectivity index (χ4n) is 4.99. The van der Waals surface area contributed by atoms with Crippen molar-refractivity contribution in [3.8, 4) is 5.75 Å². The molecule has 2 aromatic carbocycles. The molecule has 2 aromatic rings. The largest absolute Gasteiger partial charge is 1.00 e. The van der Waals surface area contributed by atoms with E-state index in [0.717, 1.165) is 18.7 Å². The molecule has 1 heterocycles. The van der Waals surface area contributed by atoms with Crippen molar-refractivity contribution in [3.63, 3.8) is 0 Å². The monoisotopic (exact) mass is 371 g/mol. The summed E-state index contributed by atoms with van der Waals surface area (Å²) in [5.41, 5.74) is 2.29. The summed E-state index contributed by atoms with van der Waals surface area (Å²) in [4.78, 5) is 14.0. The summed E-state index contributed by atoms with van der Waals surface area (Å²) in [5.74, 6) is 0.614. The van der Waals surface area contributed by atoms with Crippen LogP contribution in [-0.4, -0.2) is 30.0 Å². The van der Waals surface area contributed by atoms with Crippen LogP contribution in [0.1, 0.15) is 48.0 Å². The summed E-state index contributed by atoms with van der Waals surface area (Å²) in [5, 5.41) is 9.88. The number of hydrogen-bond acceptors (Lipinski definition) is 2. The molecule has 138 valence electrons. The molecule has 4 heteroatoms. The minimum absolute atomic E-state index is 0. The van der Waals surface area contributed by atoms with Crippen LogP contribution in [-0.2, 0) is 5.41 Å². The molecule has 0 spiro atoms. The van der Waals surface area contributed by atoms with Crippen molar-refractivity contribution in [1.82, 2.24) is 0 Å². The van der Waals surface area contributed by atoms with Gasteiger partial charge in [-0.2, -0.15) is 0 Å². The minimum atomic E-state index is 0. The van der Waals surface area contributed by atoms with Gasteiger partial charge in [0, 0.05) is 12.0 Å². The molecule has 4 rings (SSSR count). The summed E-state index contributed by atoms with van der Waals surface area (Å²) in [6.07, 6.45) is 5.51. The van der Waals surface area contributed by atoms with Crippen LogP contribution in [0.3, 0.4) is 0 Å². The number of nitrogens with one attached hydrogen (secondary N) is 1. The second-order valence-electron chi connectivity index (χ2n) is 7.75. The second kappa shape index (κ2) is 7.81. The van der Waals surface area contributed by atoms with E-state index in [4.69, 9.17) is 0 Å². The van der Waals surface area contributed by atoms with E-state index in [-0.39, 0.29) is 23.6 Å². The van der Waals surface area contributed by atoms with E-state index in [1.165, 1.54) is 31.2 Å². The number of quaternary nitrogens is 1. The van der Waals surface area contributed by atoms with Crippen LogP contribution < -0.4 is 17.3 Å². The zero-order valence-electron chi connectivity index (χ0n) is 15.0. The van der Waals surface area contributed by atoms with E-state index in [0.29, 0.717) is 18.2 Å². The maximum Gasteiger partial charge on any atom is 0.168 e. The number of aromatic hydroxyl groups is 1. The van der Waals surface area contributed by atoms with Gasteiger partial charge in [0.15, 0.2) is 5.78 Å². The lowest BCUT2D eigenvalue weighted by Gasteiger charge is -2.29. The fraction of sp³-hybridized carbons (Fsp3) is 0.409. The third-order valence-corrected chi connectivity index (χ3v) is 6.22. The van der Waals surface area contributed by atoms with Crippen molar-refractivity contribution in [2.45, 2.75) is 43.6 Å². The van der Waals surface area contributed by atoms with Gasteiger partial charge in [-0.15, -0.1) is 0 Å². The molecule has 1 aliphatic heterocycles. The number of benzene rings is 2. The normalized spacial score (nSPS) is 26.9. The van der Waals surface area contributed by atoms with Gasteiger partial charge in [-0.1, -0.05) is 42.5 Å². The van der Waals surface area contributed by atoms with Crippen LogP contribution >= 0.6 is 0 Å². The molecule has 3 atom stereocenters. The molecule has 0 aromatic heterocycles. The van der Waals surface area contributed by atoms with E-state index in [2.05, 4.69) is 6.07 Å². The number of carbonyl (C=O) groups is 1. The number of likely N-dealkylation sites (tertiary alicyclic amines) is 1. The van der Waals surface area contributed by atoms with Gasteiger partial charge in [0.1, 0.15) is 5.75 Å². The molecule has 3 unspecified atom stereocenters. The lowest BCUT2D eigenvalue weighted by Crippen LogP contribution is -3.14. The summed E-state index contributed by atoms with van der Waals surface area (Å²) in [6.45, 7) is 2.00. The van der Waals surface area contributed by atoms with E-state index < -0.39 is 0 Å². The summed E-state index contributed by atoms with van der Waals surface area (Å²) in [7, 11) is 0. The Labute approximate surface area is 161 Å². The predicted molar refractivity (Wildman–Crippen MR) is 98.1 cm³/mol. The van der Waals surface area contributed by atoms with Crippen molar-refractivity contribution in [1.29, 1.82) is 0 Å². The van der Waals surface area contributed by atoms with Gasteiger partial charge in [-0.25, -0.2) is 0 Å². The molecule has 26 heavy (non-hydrogen) atoms. The molecule has 0 radical (unpaired) electrons. The molecule has 2 aliphatic rings. The van der Waals surface area contributed by atoms with Gasteiger partial charge in [0.25, 0.3) is 0 Å². The first kappa shape index (κ1) is 18.9. The quantitative estimate of drug-likeness (QED) is 0.712. The lowest BCUT2D eigenvalue weighted by atomic mass is 9.71. The third-order valence-electron chi connectivity index (χ3n) is 6.22. The van der Waals surface area contributed by atoms with Gasteiger partial charge < -0.3 is 22.4 Å². The molecule has 3 nitrogen and oxygen atoms in total. The Morgan fingerprint density at radius 1 is 1.15 bits per heavy atom. The van der Waals surface area contributed by atoms with Gasteiger partial charge in [-0.3, -0.25) is 4.79 Å². The number of carbonyl (C=O) groups excluding carboxylic acids is 1. The molecule has 2 bridgehead atoms. The SMILES string of the molecule is O=C(CC[NH+]1CC2(c3cccc(O)c3)CCCC1C2)c1ccccc1.[Cl-]. The molecule has 1 saturated heterocycles. The highest BCUT2D eigenvalue weighted by Crippen LogP contribution is 2.41. The molecular formula is C22H26ClNO2. The van der Waals surface area contributed by atoms with Crippen molar-refractivity contribution < 1.29 is 27.2 Å². The Hall–Kier alpha value is -1.84. The Bertz CT molecular complexity index is 764. The van der Waals surface area contributed by atoms with Crippen LogP contribution in [0.15, 0.2) is 54.6 Å². The van der Waals surface area contributed by atoms with Crippen LogP contribution in [0.5, 0.6) is 5.75 Å². The van der Waals surface area contributed by atoms with Crippen molar-refractivity contribution in [3.05, 3.63) is 65.7 Å². The minimum Gasteiger partial charge on any atom is -1.00 e. The number of hydrogen-bond donors (Lipinski definition) is 2. The average Bonchev–Trinajstić information content (AvgIpc) is 2.91. The zero-order chi connectivity index (χ0) is 17.3. The van der Waals surface area contributed by atoms with Crippen LogP contribution in [0, 0.1) is 0 Å². The Morgan fingerprint density at radius 3 is 2.73 bits per heavy atom. The molecule has 2 N–H and O–H groups in total. The highest BCUT2D eigenvalue weighted by Gasteiger charge is 2.50. The number of ketones is 1. The number of phenols is 1. The Balaban J connectivity index is 0.00000196. The molecule has 1 saturated carbocycles. The molecule has 2 fully saturated rings. The number of phenolic OH excluding ortho intramolecular Hbond substituents is 1. The number of fused-ring (bicyclic) bond motifs is 2.